The van der Waals surface area contributed by atoms with Crippen molar-refractivity contribution in [2.75, 3.05) is 11.4 Å². The largest absolute Gasteiger partial charge is 0.464 e. The van der Waals surface area contributed by atoms with E-state index in [0.29, 0.717) is 4.90 Å². The number of thiol groups is 1. The van der Waals surface area contributed by atoms with Gasteiger partial charge >= 0.3 is 12.2 Å². The Morgan fingerprint density at radius 2 is 1.68 bits per heavy atom. The van der Waals surface area contributed by atoms with Crippen LogP contribution in [0.25, 0.3) is 0 Å². The van der Waals surface area contributed by atoms with Gasteiger partial charge < -0.3 is 9.84 Å². The first kappa shape index (κ1) is 19.8. The molecule has 0 aromatic heterocycles. The number of para-hydroxylation sites is 1. The summed E-state index contributed by atoms with van der Waals surface area (Å²) in [7, 11) is 0. The molecule has 1 fully saturated rings. The number of ether oxygens (including phenoxy) is 1. The smallest absolute Gasteiger partial charge is 0.418 e. The second kappa shape index (κ2) is 8.79. The maximum Gasteiger partial charge on any atom is 0.418 e. The van der Waals surface area contributed by atoms with E-state index < -0.39 is 24.1 Å². The summed E-state index contributed by atoms with van der Waals surface area (Å²) in [5.74, 6) is -0.702. The van der Waals surface area contributed by atoms with E-state index in [0.717, 1.165) is 5.56 Å². The molecule has 1 N–H and O–H groups in total. The average Bonchev–Trinajstić information content (AvgIpc) is 3.09. The summed E-state index contributed by atoms with van der Waals surface area (Å²) in [6.45, 7) is 0.269. The number of carboxylic acid groups (broad SMARTS) is 1. The molecule has 0 spiro atoms. The summed E-state index contributed by atoms with van der Waals surface area (Å²) in [5.41, 5.74) is 1.04. The van der Waals surface area contributed by atoms with Crippen molar-refractivity contribution in [3.63, 3.8) is 0 Å². The zero-order chi connectivity index (χ0) is 20.1. The van der Waals surface area contributed by atoms with Gasteiger partial charge in [-0.1, -0.05) is 48.5 Å². The lowest BCUT2D eigenvalue weighted by molar-refractivity contribution is -0.122. The van der Waals surface area contributed by atoms with Crippen molar-refractivity contribution in [1.29, 1.82) is 0 Å². The number of amides is 3. The third kappa shape index (κ3) is 4.45. The van der Waals surface area contributed by atoms with Gasteiger partial charge in [0.1, 0.15) is 12.6 Å². The highest BCUT2D eigenvalue weighted by Gasteiger charge is 2.43. The molecule has 7 nitrogen and oxygen atoms in total. The Bertz CT molecular complexity index is 846. The van der Waals surface area contributed by atoms with Gasteiger partial charge in [-0.15, -0.1) is 0 Å². The van der Waals surface area contributed by atoms with Crippen LogP contribution in [0.1, 0.15) is 12.0 Å². The van der Waals surface area contributed by atoms with Crippen LogP contribution in [-0.2, 0) is 16.1 Å². The van der Waals surface area contributed by atoms with Gasteiger partial charge in [-0.05, 0) is 24.1 Å². The first-order chi connectivity index (χ1) is 13.5. The highest BCUT2D eigenvalue weighted by molar-refractivity contribution is 7.81. The number of hydrogen-bond acceptors (Lipinski definition) is 5. The van der Waals surface area contributed by atoms with Crippen LogP contribution in [0.4, 0.5) is 15.3 Å². The number of benzene rings is 2. The molecule has 3 amide bonds. The van der Waals surface area contributed by atoms with Gasteiger partial charge in [0.05, 0.1) is 5.69 Å². The van der Waals surface area contributed by atoms with E-state index in [2.05, 4.69) is 12.6 Å². The monoisotopic (exact) mass is 400 g/mol. The minimum absolute atomic E-state index is 0.0651. The molecule has 1 saturated heterocycles. The molecular formula is C20H20N2O5S. The molecule has 3 rings (SSSR count). The predicted octanol–water partition coefficient (Wildman–Crippen LogP) is 3.41. The lowest BCUT2D eigenvalue weighted by Gasteiger charge is -2.27. The van der Waals surface area contributed by atoms with Crippen LogP contribution in [-0.4, -0.2) is 45.9 Å². The van der Waals surface area contributed by atoms with Crippen molar-refractivity contribution in [1.82, 2.24) is 4.90 Å². The first-order valence-corrected chi connectivity index (χ1v) is 9.26. The van der Waals surface area contributed by atoms with E-state index in [1.807, 2.05) is 30.3 Å². The van der Waals surface area contributed by atoms with Crippen LogP contribution < -0.4 is 4.90 Å². The standard InChI is InChI=1S/C20H20N2O5S/c23-18(22(19(24)25)15-9-5-2-6-10-15)17-11-16(28)12-21(17)20(26)27-13-14-7-3-1-4-8-14/h1-10,16-17,28H,11-13H2,(H,24,25). The molecule has 2 aromatic carbocycles. The van der Waals surface area contributed by atoms with Gasteiger partial charge in [-0.25, -0.2) is 14.5 Å². The third-order valence-electron chi connectivity index (χ3n) is 4.43. The lowest BCUT2D eigenvalue weighted by atomic mass is 10.1. The van der Waals surface area contributed by atoms with E-state index in [1.165, 1.54) is 17.0 Å². The molecule has 0 saturated carbocycles. The number of anilines is 1. The van der Waals surface area contributed by atoms with Crippen molar-refractivity contribution in [3.8, 4) is 0 Å². The number of nitrogens with zero attached hydrogens (tertiary/aromatic N) is 2. The maximum atomic E-state index is 13.0. The van der Waals surface area contributed by atoms with Crippen LogP contribution >= 0.6 is 12.6 Å². The fourth-order valence-corrected chi connectivity index (χ4v) is 3.49. The van der Waals surface area contributed by atoms with Gasteiger partial charge in [0.2, 0.25) is 0 Å². The van der Waals surface area contributed by atoms with Crippen LogP contribution in [0, 0.1) is 0 Å². The average molecular weight is 400 g/mol. The molecule has 2 aromatic rings. The SMILES string of the molecule is O=C(O)N(C(=O)C1CC(S)CN1C(=O)OCc1ccccc1)c1ccccc1. The van der Waals surface area contributed by atoms with Crippen molar-refractivity contribution in [2.45, 2.75) is 24.3 Å². The van der Waals surface area contributed by atoms with E-state index >= 15 is 0 Å². The maximum absolute atomic E-state index is 13.0. The number of likely N-dealkylation sites (tertiary alicyclic amines) is 1. The molecular weight excluding hydrogens is 380 g/mol. The summed E-state index contributed by atoms with van der Waals surface area (Å²) >= 11 is 4.38. The third-order valence-corrected chi connectivity index (χ3v) is 4.80. The Hall–Kier alpha value is -3.00. The summed E-state index contributed by atoms with van der Waals surface area (Å²) in [5, 5.41) is 9.31. The Balaban J connectivity index is 1.75. The second-order valence-electron chi connectivity index (χ2n) is 6.39. The summed E-state index contributed by atoms with van der Waals surface area (Å²) in [6.07, 6.45) is -1.83. The molecule has 0 bridgehead atoms. The molecule has 28 heavy (non-hydrogen) atoms. The molecule has 146 valence electrons. The van der Waals surface area contributed by atoms with Crippen molar-refractivity contribution in [2.24, 2.45) is 0 Å². The van der Waals surface area contributed by atoms with Crippen LogP contribution in [0.5, 0.6) is 0 Å². The number of carbonyl (C=O) groups is 3. The highest BCUT2D eigenvalue weighted by Crippen LogP contribution is 2.27. The Morgan fingerprint density at radius 1 is 1.07 bits per heavy atom. The molecule has 0 aliphatic carbocycles. The van der Waals surface area contributed by atoms with Crippen molar-refractivity contribution < 1.29 is 24.2 Å². The van der Waals surface area contributed by atoms with Crippen LogP contribution in [0.3, 0.4) is 0 Å². The molecule has 1 aliphatic heterocycles. The minimum atomic E-state index is -1.41. The van der Waals surface area contributed by atoms with Gasteiger partial charge in [-0.3, -0.25) is 9.69 Å². The Kier molecular flexibility index (Phi) is 6.20. The molecule has 1 aliphatic rings. The Labute approximate surface area is 167 Å². The van der Waals surface area contributed by atoms with Gasteiger partial charge in [-0.2, -0.15) is 12.6 Å². The molecule has 2 unspecified atom stereocenters. The minimum Gasteiger partial charge on any atom is -0.464 e. The fourth-order valence-electron chi connectivity index (χ4n) is 3.11. The molecule has 1 heterocycles. The predicted molar refractivity (Wildman–Crippen MR) is 106 cm³/mol. The van der Waals surface area contributed by atoms with Crippen LogP contribution in [0.15, 0.2) is 60.7 Å². The van der Waals surface area contributed by atoms with Gasteiger partial charge in [0.15, 0.2) is 0 Å². The van der Waals surface area contributed by atoms with Crippen molar-refractivity contribution in [3.05, 3.63) is 66.2 Å². The molecule has 0 radical (unpaired) electrons. The molecule has 2 atom stereocenters. The van der Waals surface area contributed by atoms with E-state index in [-0.39, 0.29) is 30.5 Å². The van der Waals surface area contributed by atoms with Gasteiger partial charge in [0.25, 0.3) is 5.91 Å². The topological polar surface area (TPSA) is 87.2 Å². The summed E-state index contributed by atoms with van der Waals surface area (Å²) in [6, 6.07) is 16.3. The van der Waals surface area contributed by atoms with E-state index in [1.54, 1.807) is 18.2 Å². The van der Waals surface area contributed by atoms with Crippen molar-refractivity contribution >= 4 is 36.4 Å². The quantitative estimate of drug-likeness (QED) is 0.768. The Morgan fingerprint density at radius 3 is 2.29 bits per heavy atom. The van der Waals surface area contributed by atoms with Crippen LogP contribution in [0.2, 0.25) is 0 Å². The zero-order valence-electron chi connectivity index (χ0n) is 15.0. The zero-order valence-corrected chi connectivity index (χ0v) is 15.9. The normalized spacial score (nSPS) is 18.5. The fraction of sp³-hybridized carbons (Fsp3) is 0.250. The summed E-state index contributed by atoms with van der Waals surface area (Å²) in [4.78, 5) is 39.2. The second-order valence-corrected chi connectivity index (χ2v) is 7.12. The van der Waals surface area contributed by atoms with E-state index in [9.17, 15) is 19.5 Å². The highest BCUT2D eigenvalue weighted by atomic mass is 32.1. The lowest BCUT2D eigenvalue weighted by Crippen LogP contribution is -2.49. The number of carbonyl (C=O) groups excluding carboxylic acids is 2. The summed E-state index contributed by atoms with van der Waals surface area (Å²) < 4.78 is 5.32. The number of hydrogen-bond donors (Lipinski definition) is 2. The molecule has 8 heteroatoms. The number of imide groups is 1. The van der Waals surface area contributed by atoms with Gasteiger partial charge in [0, 0.05) is 11.8 Å². The first-order valence-electron chi connectivity index (χ1n) is 8.74. The van der Waals surface area contributed by atoms with E-state index in [4.69, 9.17) is 4.74 Å². The number of rotatable bonds is 4.